The summed E-state index contributed by atoms with van der Waals surface area (Å²) in [5.41, 5.74) is 1.52. The number of rotatable bonds is 6. The van der Waals surface area contributed by atoms with E-state index in [0.29, 0.717) is 17.1 Å². The van der Waals surface area contributed by atoms with Crippen molar-refractivity contribution in [1.29, 1.82) is 0 Å². The van der Waals surface area contributed by atoms with Crippen LogP contribution in [0, 0.1) is 0 Å². The molecule has 1 N–H and O–H groups in total. The molecule has 0 aliphatic carbocycles. The minimum Gasteiger partial charge on any atom is -0.497 e. The van der Waals surface area contributed by atoms with E-state index in [2.05, 4.69) is 9.82 Å². The van der Waals surface area contributed by atoms with Gasteiger partial charge in [-0.25, -0.2) is 13.1 Å². The monoisotopic (exact) mass is 401 g/mol. The highest BCUT2D eigenvalue weighted by Gasteiger charge is 2.21. The van der Waals surface area contributed by atoms with Crippen molar-refractivity contribution < 1.29 is 17.9 Å². The molecular formula is C19H19N3O5S. The van der Waals surface area contributed by atoms with Crippen molar-refractivity contribution in [3.05, 3.63) is 65.0 Å². The first-order valence-electron chi connectivity index (χ1n) is 8.23. The molecule has 0 spiro atoms. The van der Waals surface area contributed by atoms with E-state index in [0.717, 1.165) is 5.56 Å². The van der Waals surface area contributed by atoms with Crippen molar-refractivity contribution in [2.24, 2.45) is 7.05 Å². The van der Waals surface area contributed by atoms with Gasteiger partial charge in [-0.1, -0.05) is 12.1 Å². The maximum atomic E-state index is 12.8. The molecule has 0 saturated carbocycles. The second-order valence-corrected chi connectivity index (χ2v) is 7.53. The predicted octanol–water partition coefficient (Wildman–Crippen LogP) is 2.27. The fraction of sp³-hybridized carbons (Fsp3) is 0.158. The smallest absolute Gasteiger partial charge is 0.266 e. The van der Waals surface area contributed by atoms with E-state index in [1.165, 1.54) is 37.1 Å². The SMILES string of the molecule is COc1ccc(OC)c(S(=O)(=O)Nc2ccc(-c3ccc(=O)n(C)n3)cc2)c1. The van der Waals surface area contributed by atoms with Gasteiger partial charge in [-0.3, -0.25) is 9.52 Å². The number of aryl methyl sites for hydroxylation is 1. The number of nitrogens with one attached hydrogen (secondary N) is 1. The first kappa shape index (κ1) is 19.4. The molecule has 1 aromatic heterocycles. The number of sulfonamides is 1. The summed E-state index contributed by atoms with van der Waals surface area (Å²) in [5, 5.41) is 4.17. The number of aromatic nitrogens is 2. The van der Waals surface area contributed by atoms with Crippen LogP contribution in [0.5, 0.6) is 11.5 Å². The van der Waals surface area contributed by atoms with Crippen LogP contribution in [0.2, 0.25) is 0 Å². The molecule has 28 heavy (non-hydrogen) atoms. The Bertz CT molecular complexity index is 1150. The van der Waals surface area contributed by atoms with Crippen LogP contribution in [0.15, 0.2) is 64.3 Å². The lowest BCUT2D eigenvalue weighted by atomic mass is 10.1. The van der Waals surface area contributed by atoms with Gasteiger partial charge in [0.25, 0.3) is 15.6 Å². The maximum absolute atomic E-state index is 12.8. The topological polar surface area (TPSA) is 99.5 Å². The average molecular weight is 401 g/mol. The Morgan fingerprint density at radius 3 is 2.29 bits per heavy atom. The van der Waals surface area contributed by atoms with Gasteiger partial charge in [0.05, 0.1) is 19.9 Å². The van der Waals surface area contributed by atoms with Gasteiger partial charge in [-0.05, 0) is 30.3 Å². The molecule has 0 fully saturated rings. The molecule has 0 unspecified atom stereocenters. The van der Waals surface area contributed by atoms with Crippen molar-refractivity contribution in [2.45, 2.75) is 4.90 Å². The van der Waals surface area contributed by atoms with Crippen LogP contribution in [-0.2, 0) is 17.1 Å². The number of methoxy groups -OCH3 is 2. The van der Waals surface area contributed by atoms with Crippen molar-refractivity contribution in [3.63, 3.8) is 0 Å². The fourth-order valence-corrected chi connectivity index (χ4v) is 3.81. The Morgan fingerprint density at radius 2 is 1.68 bits per heavy atom. The molecule has 9 heteroatoms. The molecular weight excluding hydrogens is 382 g/mol. The summed E-state index contributed by atoms with van der Waals surface area (Å²) < 4.78 is 39.6. The molecule has 2 aromatic carbocycles. The van der Waals surface area contributed by atoms with Crippen LogP contribution in [0.25, 0.3) is 11.3 Å². The highest BCUT2D eigenvalue weighted by Crippen LogP contribution is 2.30. The summed E-state index contributed by atoms with van der Waals surface area (Å²) in [5.74, 6) is 0.608. The molecule has 0 bridgehead atoms. The Labute approximate surface area is 162 Å². The number of ether oxygens (including phenoxy) is 2. The summed E-state index contributed by atoms with van der Waals surface area (Å²) in [6.07, 6.45) is 0. The molecule has 0 atom stereocenters. The van der Waals surface area contributed by atoms with Crippen LogP contribution in [0.1, 0.15) is 0 Å². The third-order valence-corrected chi connectivity index (χ3v) is 5.46. The highest BCUT2D eigenvalue weighted by atomic mass is 32.2. The Kier molecular flexibility index (Phi) is 5.36. The third kappa shape index (κ3) is 3.99. The van der Waals surface area contributed by atoms with Crippen molar-refractivity contribution in [1.82, 2.24) is 9.78 Å². The number of hydrogen-bond acceptors (Lipinski definition) is 6. The number of nitrogens with zero attached hydrogens (tertiary/aromatic N) is 2. The summed E-state index contributed by atoms with van der Waals surface area (Å²) in [4.78, 5) is 11.4. The molecule has 1 heterocycles. The zero-order chi connectivity index (χ0) is 20.3. The van der Waals surface area contributed by atoms with Crippen LogP contribution >= 0.6 is 0 Å². The van der Waals surface area contributed by atoms with Crippen LogP contribution < -0.4 is 19.8 Å². The fourth-order valence-electron chi connectivity index (χ4n) is 2.57. The predicted molar refractivity (Wildman–Crippen MR) is 105 cm³/mol. The van der Waals surface area contributed by atoms with Gasteiger partial charge in [0.15, 0.2) is 0 Å². The van der Waals surface area contributed by atoms with Crippen molar-refractivity contribution in [3.8, 4) is 22.8 Å². The summed E-state index contributed by atoms with van der Waals surface area (Å²) in [6.45, 7) is 0. The highest BCUT2D eigenvalue weighted by molar-refractivity contribution is 7.92. The Balaban J connectivity index is 1.89. The summed E-state index contributed by atoms with van der Waals surface area (Å²) in [7, 11) is 0.526. The number of benzene rings is 2. The number of hydrogen-bond donors (Lipinski definition) is 1. The van der Waals surface area contributed by atoms with Gasteiger partial charge in [0, 0.05) is 30.4 Å². The molecule has 0 saturated heterocycles. The Morgan fingerprint density at radius 1 is 0.964 bits per heavy atom. The van der Waals surface area contributed by atoms with Gasteiger partial charge in [-0.2, -0.15) is 5.10 Å². The molecule has 0 aliphatic rings. The lowest BCUT2D eigenvalue weighted by molar-refractivity contribution is 0.392. The first-order valence-corrected chi connectivity index (χ1v) is 9.72. The molecule has 0 amide bonds. The minimum atomic E-state index is -3.89. The van der Waals surface area contributed by atoms with Crippen molar-refractivity contribution in [2.75, 3.05) is 18.9 Å². The van der Waals surface area contributed by atoms with E-state index in [4.69, 9.17) is 9.47 Å². The molecule has 146 valence electrons. The number of anilines is 1. The van der Waals surface area contributed by atoms with E-state index in [1.54, 1.807) is 43.4 Å². The average Bonchev–Trinajstić information content (AvgIpc) is 2.70. The molecule has 3 aromatic rings. The van der Waals surface area contributed by atoms with E-state index in [-0.39, 0.29) is 16.2 Å². The zero-order valence-corrected chi connectivity index (χ0v) is 16.4. The van der Waals surface area contributed by atoms with Crippen LogP contribution in [-0.4, -0.2) is 32.4 Å². The van der Waals surface area contributed by atoms with Crippen LogP contribution in [0.3, 0.4) is 0 Å². The zero-order valence-electron chi connectivity index (χ0n) is 15.5. The minimum absolute atomic E-state index is 0.0295. The summed E-state index contributed by atoms with van der Waals surface area (Å²) in [6, 6.07) is 14.2. The lowest BCUT2D eigenvalue weighted by Gasteiger charge is -2.13. The largest absolute Gasteiger partial charge is 0.497 e. The second kappa shape index (κ2) is 7.73. The second-order valence-electron chi connectivity index (χ2n) is 5.88. The molecule has 8 nitrogen and oxygen atoms in total. The molecule has 3 rings (SSSR count). The van der Waals surface area contributed by atoms with Crippen LogP contribution in [0.4, 0.5) is 5.69 Å². The first-order chi connectivity index (χ1) is 13.3. The van der Waals surface area contributed by atoms with Gasteiger partial charge in [-0.15, -0.1) is 0 Å². The molecule has 0 radical (unpaired) electrons. The standard InChI is InChI=1S/C19H19N3O5S/c1-22-19(23)11-9-16(20-22)13-4-6-14(7-5-13)21-28(24,25)18-12-15(26-2)8-10-17(18)27-3/h4-12,21H,1-3H3. The van der Waals surface area contributed by atoms with E-state index in [9.17, 15) is 13.2 Å². The quantitative estimate of drug-likeness (QED) is 0.680. The van der Waals surface area contributed by atoms with E-state index < -0.39 is 10.0 Å². The Hall–Kier alpha value is -3.33. The summed E-state index contributed by atoms with van der Waals surface area (Å²) >= 11 is 0. The van der Waals surface area contributed by atoms with E-state index >= 15 is 0 Å². The van der Waals surface area contributed by atoms with E-state index in [1.807, 2.05) is 0 Å². The molecule has 0 aliphatic heterocycles. The van der Waals surface area contributed by atoms with Crippen molar-refractivity contribution >= 4 is 15.7 Å². The normalized spacial score (nSPS) is 11.1. The third-order valence-electron chi connectivity index (χ3n) is 4.05. The van der Waals surface area contributed by atoms with Gasteiger partial charge in [0.2, 0.25) is 0 Å². The van der Waals surface area contributed by atoms with Gasteiger partial charge >= 0.3 is 0 Å². The lowest BCUT2D eigenvalue weighted by Crippen LogP contribution is -2.18. The maximum Gasteiger partial charge on any atom is 0.266 e. The van der Waals surface area contributed by atoms with Gasteiger partial charge in [0.1, 0.15) is 16.4 Å². The van der Waals surface area contributed by atoms with Gasteiger partial charge < -0.3 is 9.47 Å².